The van der Waals surface area contributed by atoms with Gasteiger partial charge in [-0.1, -0.05) is 29.8 Å². The van der Waals surface area contributed by atoms with Crippen LogP contribution in [-0.2, 0) is 9.59 Å². The molecule has 0 saturated carbocycles. The van der Waals surface area contributed by atoms with Gasteiger partial charge in [-0.2, -0.15) is 5.26 Å². The van der Waals surface area contributed by atoms with E-state index in [1.807, 2.05) is 19.1 Å². The first-order valence-corrected chi connectivity index (χ1v) is 7.96. The van der Waals surface area contributed by atoms with Gasteiger partial charge in [0.15, 0.2) is 13.2 Å². The predicted octanol–water partition coefficient (Wildman–Crippen LogP) is 2.13. The van der Waals surface area contributed by atoms with Crippen LogP contribution in [0.2, 0.25) is 5.02 Å². The van der Waals surface area contributed by atoms with Crippen molar-refractivity contribution in [3.63, 3.8) is 0 Å². The summed E-state index contributed by atoms with van der Waals surface area (Å²) in [6, 6.07) is 13.7. The van der Waals surface area contributed by atoms with Gasteiger partial charge in [0.25, 0.3) is 11.8 Å². The lowest BCUT2D eigenvalue weighted by molar-refractivity contribution is -0.131. The molecular weight excluding hydrogens is 358 g/mol. The van der Waals surface area contributed by atoms with Crippen LogP contribution in [0.15, 0.2) is 42.5 Å². The largest absolute Gasteiger partial charge is 0.482 e. The molecule has 26 heavy (non-hydrogen) atoms. The number of aryl methyl sites for hydroxylation is 1. The maximum Gasteiger partial charge on any atom is 0.276 e. The molecule has 0 atom stereocenters. The summed E-state index contributed by atoms with van der Waals surface area (Å²) in [7, 11) is 0. The van der Waals surface area contributed by atoms with E-state index in [1.54, 1.807) is 36.4 Å². The van der Waals surface area contributed by atoms with Crippen LogP contribution in [0.4, 0.5) is 0 Å². The number of para-hydroxylation sites is 1. The SMILES string of the molecule is Cc1ccc(Cl)c(OCC(=O)NNC(=O)COc2ccccc2C#N)c1. The van der Waals surface area contributed by atoms with Gasteiger partial charge in [0.2, 0.25) is 0 Å². The van der Waals surface area contributed by atoms with Crippen LogP contribution in [0, 0.1) is 18.3 Å². The van der Waals surface area contributed by atoms with Crippen LogP contribution < -0.4 is 20.3 Å². The fourth-order valence-corrected chi connectivity index (χ4v) is 2.08. The second-order valence-corrected chi connectivity index (χ2v) is 5.62. The lowest BCUT2D eigenvalue weighted by Crippen LogP contribution is -2.45. The van der Waals surface area contributed by atoms with E-state index in [-0.39, 0.29) is 19.0 Å². The van der Waals surface area contributed by atoms with Crippen molar-refractivity contribution in [3.05, 3.63) is 58.6 Å². The molecule has 134 valence electrons. The highest BCUT2D eigenvalue weighted by Crippen LogP contribution is 2.25. The Morgan fingerprint density at radius 1 is 1.04 bits per heavy atom. The number of halogens is 1. The summed E-state index contributed by atoms with van der Waals surface area (Å²) in [5, 5.41) is 9.32. The summed E-state index contributed by atoms with van der Waals surface area (Å²) in [6.07, 6.45) is 0. The van der Waals surface area contributed by atoms with Gasteiger partial charge in [-0.3, -0.25) is 20.4 Å². The molecular formula is C18H16ClN3O4. The lowest BCUT2D eigenvalue weighted by atomic mass is 10.2. The molecule has 0 aliphatic rings. The zero-order valence-corrected chi connectivity index (χ0v) is 14.7. The first-order chi connectivity index (χ1) is 12.5. The van der Waals surface area contributed by atoms with Gasteiger partial charge in [0.05, 0.1) is 10.6 Å². The minimum absolute atomic E-state index is 0.286. The van der Waals surface area contributed by atoms with Crippen molar-refractivity contribution in [1.29, 1.82) is 5.26 Å². The van der Waals surface area contributed by atoms with E-state index in [0.717, 1.165) is 5.56 Å². The van der Waals surface area contributed by atoms with Crippen molar-refractivity contribution >= 4 is 23.4 Å². The van der Waals surface area contributed by atoms with Gasteiger partial charge in [-0.15, -0.1) is 0 Å². The van der Waals surface area contributed by atoms with Gasteiger partial charge in [-0.25, -0.2) is 0 Å². The molecule has 2 rings (SSSR count). The van der Waals surface area contributed by atoms with Crippen molar-refractivity contribution in [2.24, 2.45) is 0 Å². The number of nitrogens with one attached hydrogen (secondary N) is 2. The number of nitriles is 1. The van der Waals surface area contributed by atoms with E-state index >= 15 is 0 Å². The fraction of sp³-hybridized carbons (Fsp3) is 0.167. The number of carbonyl (C=O) groups excluding carboxylic acids is 2. The van der Waals surface area contributed by atoms with Gasteiger partial charge in [0, 0.05) is 0 Å². The second kappa shape index (κ2) is 9.30. The van der Waals surface area contributed by atoms with Crippen molar-refractivity contribution in [3.8, 4) is 17.6 Å². The van der Waals surface area contributed by atoms with Gasteiger partial charge in [-0.05, 0) is 36.8 Å². The number of hydrogen-bond donors (Lipinski definition) is 2. The molecule has 0 heterocycles. The van der Waals surface area contributed by atoms with Crippen LogP contribution >= 0.6 is 11.6 Å². The Balaban J connectivity index is 1.74. The third kappa shape index (κ3) is 5.69. The maximum absolute atomic E-state index is 11.7. The van der Waals surface area contributed by atoms with Crippen LogP contribution in [0.3, 0.4) is 0 Å². The Hall–Kier alpha value is -3.24. The molecule has 0 aliphatic heterocycles. The number of ether oxygens (including phenoxy) is 2. The standard InChI is InChI=1S/C18H16ClN3O4/c1-12-6-7-14(19)16(8-12)26-11-18(24)22-21-17(23)10-25-15-5-3-2-4-13(15)9-20/h2-8H,10-11H2,1H3,(H,21,23)(H,22,24). The number of benzene rings is 2. The van der Waals surface area contributed by atoms with Crippen LogP contribution in [0.25, 0.3) is 0 Å². The Morgan fingerprint density at radius 2 is 1.65 bits per heavy atom. The van der Waals surface area contributed by atoms with Gasteiger partial charge >= 0.3 is 0 Å². The highest BCUT2D eigenvalue weighted by molar-refractivity contribution is 6.32. The van der Waals surface area contributed by atoms with Crippen LogP contribution in [-0.4, -0.2) is 25.0 Å². The van der Waals surface area contributed by atoms with E-state index < -0.39 is 11.8 Å². The van der Waals surface area contributed by atoms with E-state index in [2.05, 4.69) is 10.9 Å². The predicted molar refractivity (Wildman–Crippen MR) is 94.6 cm³/mol. The summed E-state index contributed by atoms with van der Waals surface area (Å²) in [5.74, 6) is -0.480. The monoisotopic (exact) mass is 373 g/mol. The zero-order chi connectivity index (χ0) is 18.9. The average Bonchev–Trinajstić information content (AvgIpc) is 2.65. The molecule has 0 radical (unpaired) electrons. The van der Waals surface area contributed by atoms with Gasteiger partial charge < -0.3 is 9.47 Å². The molecule has 0 aromatic heterocycles. The van der Waals surface area contributed by atoms with Crippen molar-refractivity contribution in [2.45, 2.75) is 6.92 Å². The normalized spacial score (nSPS) is 9.73. The number of nitrogens with zero attached hydrogens (tertiary/aromatic N) is 1. The molecule has 0 bridgehead atoms. The molecule has 2 N–H and O–H groups in total. The third-order valence-corrected chi connectivity index (χ3v) is 3.47. The van der Waals surface area contributed by atoms with Crippen molar-refractivity contribution in [1.82, 2.24) is 10.9 Å². The molecule has 0 saturated heterocycles. The van der Waals surface area contributed by atoms with E-state index in [4.69, 9.17) is 26.3 Å². The number of amides is 2. The molecule has 2 aromatic carbocycles. The Bertz CT molecular complexity index is 849. The average molecular weight is 374 g/mol. The molecule has 7 nitrogen and oxygen atoms in total. The third-order valence-electron chi connectivity index (χ3n) is 3.15. The number of hydrogen-bond acceptors (Lipinski definition) is 5. The van der Waals surface area contributed by atoms with E-state index in [9.17, 15) is 9.59 Å². The van der Waals surface area contributed by atoms with Crippen molar-refractivity contribution in [2.75, 3.05) is 13.2 Å². The van der Waals surface area contributed by atoms with Crippen molar-refractivity contribution < 1.29 is 19.1 Å². The maximum atomic E-state index is 11.7. The summed E-state index contributed by atoms with van der Waals surface area (Å²) in [4.78, 5) is 23.4. The molecule has 0 fully saturated rings. The molecule has 2 amide bonds. The first kappa shape index (κ1) is 19.1. The fourth-order valence-electron chi connectivity index (χ4n) is 1.90. The number of carbonyl (C=O) groups is 2. The quantitative estimate of drug-likeness (QED) is 0.755. The minimum Gasteiger partial charge on any atom is -0.482 e. The molecule has 0 spiro atoms. The van der Waals surface area contributed by atoms with Crippen LogP contribution in [0.1, 0.15) is 11.1 Å². The molecule has 0 aliphatic carbocycles. The van der Waals surface area contributed by atoms with Crippen LogP contribution in [0.5, 0.6) is 11.5 Å². The topological polar surface area (TPSA) is 100 Å². The number of hydrazine groups is 1. The first-order valence-electron chi connectivity index (χ1n) is 7.58. The van der Waals surface area contributed by atoms with Gasteiger partial charge in [0.1, 0.15) is 17.6 Å². The molecule has 8 heteroatoms. The molecule has 0 unspecified atom stereocenters. The summed E-state index contributed by atoms with van der Waals surface area (Å²) < 4.78 is 10.6. The van der Waals surface area contributed by atoms with E-state index in [0.29, 0.717) is 16.3 Å². The summed E-state index contributed by atoms with van der Waals surface area (Å²) in [6.45, 7) is 1.19. The summed E-state index contributed by atoms with van der Waals surface area (Å²) >= 11 is 5.97. The lowest BCUT2D eigenvalue weighted by Gasteiger charge is -2.11. The zero-order valence-electron chi connectivity index (χ0n) is 13.9. The molecule has 2 aromatic rings. The Kier molecular flexibility index (Phi) is 6.83. The minimum atomic E-state index is -0.584. The highest BCUT2D eigenvalue weighted by Gasteiger charge is 2.09. The highest BCUT2D eigenvalue weighted by atomic mass is 35.5. The van der Waals surface area contributed by atoms with E-state index in [1.165, 1.54) is 0 Å². The Labute approximate surface area is 155 Å². The number of rotatable bonds is 6. The summed E-state index contributed by atoms with van der Waals surface area (Å²) in [5.41, 5.74) is 5.64. The second-order valence-electron chi connectivity index (χ2n) is 5.22. The smallest absolute Gasteiger partial charge is 0.276 e. The Morgan fingerprint density at radius 3 is 2.31 bits per heavy atom.